The van der Waals surface area contributed by atoms with Crippen LogP contribution in [0.25, 0.3) is 77.7 Å². The Bertz CT molecular complexity index is 2870. The van der Waals surface area contributed by atoms with Crippen LogP contribution in [-0.4, -0.2) is 25.6 Å². The van der Waals surface area contributed by atoms with Crippen LogP contribution in [0.3, 0.4) is 0 Å². The van der Waals surface area contributed by atoms with E-state index in [2.05, 4.69) is 120 Å². The normalized spacial score (nSPS) is 15.3. The Kier molecular flexibility index (Phi) is 7.92. The molecular formula is C50H36N4O. The molecule has 0 aliphatic carbocycles. The molecule has 1 aliphatic heterocycles. The lowest BCUT2D eigenvalue weighted by Gasteiger charge is -2.19. The minimum absolute atomic E-state index is 0.144. The van der Waals surface area contributed by atoms with E-state index in [1.807, 2.05) is 73.7 Å². The van der Waals surface area contributed by atoms with E-state index in [9.17, 15) is 0 Å². The average molecular weight is 709 g/mol. The molecule has 2 unspecified atom stereocenters. The van der Waals surface area contributed by atoms with Crippen molar-refractivity contribution in [3.8, 4) is 45.3 Å². The third-order valence-electron chi connectivity index (χ3n) is 10.8. The van der Waals surface area contributed by atoms with Gasteiger partial charge in [-0.05, 0) is 59.2 Å². The van der Waals surface area contributed by atoms with E-state index >= 15 is 0 Å². The molecule has 3 heterocycles. The molecule has 9 aromatic rings. The van der Waals surface area contributed by atoms with Crippen LogP contribution in [0.5, 0.6) is 5.75 Å². The maximum atomic E-state index is 6.64. The number of para-hydroxylation sites is 1. The van der Waals surface area contributed by atoms with Crippen molar-refractivity contribution in [1.29, 1.82) is 0 Å². The summed E-state index contributed by atoms with van der Waals surface area (Å²) in [4.78, 5) is 15.0. The van der Waals surface area contributed by atoms with E-state index in [4.69, 9.17) is 19.7 Å². The quantitative estimate of drug-likeness (QED) is 0.155. The van der Waals surface area contributed by atoms with E-state index in [0.29, 0.717) is 17.5 Å². The highest BCUT2D eigenvalue weighted by atomic mass is 16.5. The fraction of sp³-hybridized carbons (Fsp3) is 0.0600. The van der Waals surface area contributed by atoms with Gasteiger partial charge in [0.2, 0.25) is 0 Å². The van der Waals surface area contributed by atoms with Crippen LogP contribution in [0, 0.1) is 0 Å². The van der Waals surface area contributed by atoms with Crippen LogP contribution in [-0.2, 0) is 0 Å². The maximum Gasteiger partial charge on any atom is 0.164 e. The van der Waals surface area contributed by atoms with Gasteiger partial charge in [0.1, 0.15) is 11.9 Å². The first-order valence-corrected chi connectivity index (χ1v) is 18.7. The molecule has 0 saturated heterocycles. The molecular weight excluding hydrogens is 673 g/mol. The number of hydrogen-bond acceptors (Lipinski definition) is 4. The fourth-order valence-corrected chi connectivity index (χ4v) is 8.20. The summed E-state index contributed by atoms with van der Waals surface area (Å²) in [6.07, 6.45) is 3.69. The van der Waals surface area contributed by atoms with Gasteiger partial charge in [-0.15, -0.1) is 0 Å². The summed E-state index contributed by atoms with van der Waals surface area (Å²) in [5, 5.41) is 5.05. The molecule has 0 bridgehead atoms. The maximum absolute atomic E-state index is 6.64. The van der Waals surface area contributed by atoms with E-state index in [1.165, 1.54) is 32.6 Å². The van der Waals surface area contributed by atoms with Crippen molar-refractivity contribution in [3.05, 3.63) is 194 Å². The lowest BCUT2D eigenvalue weighted by molar-refractivity contribution is 0.273. The summed E-state index contributed by atoms with van der Waals surface area (Å²) in [7, 11) is 0. The van der Waals surface area contributed by atoms with Crippen LogP contribution in [0.2, 0.25) is 0 Å². The summed E-state index contributed by atoms with van der Waals surface area (Å²) in [6, 6.07) is 57.3. The first-order valence-electron chi connectivity index (χ1n) is 18.7. The summed E-state index contributed by atoms with van der Waals surface area (Å²) in [5.41, 5.74) is 9.63. The van der Waals surface area contributed by atoms with Gasteiger partial charge in [-0.2, -0.15) is 0 Å². The van der Waals surface area contributed by atoms with Gasteiger partial charge in [-0.3, -0.25) is 0 Å². The van der Waals surface area contributed by atoms with Gasteiger partial charge in [-0.1, -0.05) is 152 Å². The predicted octanol–water partition coefficient (Wildman–Crippen LogP) is 12.3. The van der Waals surface area contributed by atoms with Crippen molar-refractivity contribution in [3.63, 3.8) is 0 Å². The Balaban J connectivity index is 1.02. The lowest BCUT2D eigenvalue weighted by Crippen LogP contribution is -2.18. The zero-order chi connectivity index (χ0) is 36.9. The molecule has 0 fully saturated rings. The molecule has 0 spiro atoms. The van der Waals surface area contributed by atoms with Crippen molar-refractivity contribution in [2.45, 2.75) is 18.9 Å². The monoisotopic (exact) mass is 708 g/mol. The second kappa shape index (κ2) is 13.4. The molecule has 0 radical (unpaired) electrons. The molecule has 2 aromatic heterocycles. The first kappa shape index (κ1) is 32.5. The van der Waals surface area contributed by atoms with Gasteiger partial charge in [0, 0.05) is 38.7 Å². The number of hydrogen-bond donors (Lipinski definition) is 0. The van der Waals surface area contributed by atoms with Gasteiger partial charge >= 0.3 is 0 Å². The zero-order valence-electron chi connectivity index (χ0n) is 30.3. The Morgan fingerprint density at radius 3 is 1.93 bits per heavy atom. The van der Waals surface area contributed by atoms with Crippen LogP contribution >= 0.6 is 0 Å². The zero-order valence-corrected chi connectivity index (χ0v) is 30.3. The average Bonchev–Trinajstić information content (AvgIpc) is 3.80. The van der Waals surface area contributed by atoms with Crippen LogP contribution in [0.1, 0.15) is 24.2 Å². The van der Waals surface area contributed by atoms with Gasteiger partial charge in [-0.25, -0.2) is 15.0 Å². The topological polar surface area (TPSA) is 52.8 Å². The van der Waals surface area contributed by atoms with E-state index in [1.54, 1.807) is 0 Å². The number of rotatable bonds is 7. The van der Waals surface area contributed by atoms with E-state index in [0.717, 1.165) is 44.8 Å². The number of aromatic nitrogens is 4. The molecule has 0 saturated carbocycles. The van der Waals surface area contributed by atoms with Crippen molar-refractivity contribution in [1.82, 2.24) is 19.5 Å². The summed E-state index contributed by atoms with van der Waals surface area (Å²) in [5.74, 6) is 2.58. The second-order valence-corrected chi connectivity index (χ2v) is 13.9. The SMILES string of the molecule is C=CC1Oc2cc(-c3ccc(-n4c5ccccc5c5c6ccccc6ccc54)cc3)ccc2C1/C(=C\C)c1nc(-c2ccccc2)nc(-c2ccccc2)n1. The molecule has 0 N–H and O–H groups in total. The second-order valence-electron chi connectivity index (χ2n) is 13.9. The molecule has 2 atom stereocenters. The smallest absolute Gasteiger partial charge is 0.164 e. The molecule has 5 heteroatoms. The Morgan fingerprint density at radius 1 is 0.600 bits per heavy atom. The fourth-order valence-electron chi connectivity index (χ4n) is 8.20. The standard InChI is InChI=1S/C50H36N4O/c1-3-38(50-52-48(34-16-7-5-8-17-34)51-49(53-50)35-18-9-6-10-19-35)47-41-29-25-36(31-45(41)55-44(47)4-2)32-23-27-37(28-24-32)54-42-22-14-13-21-40(42)46-39-20-12-11-15-33(39)26-30-43(46)54/h3-31,44,47H,2H2,1H3/b38-3+. The number of fused-ring (bicyclic) bond motifs is 6. The molecule has 7 aromatic carbocycles. The summed E-state index contributed by atoms with van der Waals surface area (Å²) in [6.45, 7) is 6.22. The minimum atomic E-state index is -0.290. The van der Waals surface area contributed by atoms with Crippen molar-refractivity contribution < 1.29 is 4.74 Å². The molecule has 1 aliphatic rings. The number of ether oxygens (including phenoxy) is 1. The predicted molar refractivity (Wildman–Crippen MR) is 225 cm³/mol. The lowest BCUT2D eigenvalue weighted by atomic mass is 9.86. The molecule has 10 rings (SSSR count). The van der Waals surface area contributed by atoms with E-state index in [-0.39, 0.29) is 12.0 Å². The van der Waals surface area contributed by atoms with Crippen molar-refractivity contribution >= 4 is 38.2 Å². The highest BCUT2D eigenvalue weighted by molar-refractivity contribution is 6.21. The molecule has 5 nitrogen and oxygen atoms in total. The van der Waals surface area contributed by atoms with Crippen molar-refractivity contribution in [2.75, 3.05) is 0 Å². The Hall–Kier alpha value is -7.11. The van der Waals surface area contributed by atoms with Crippen molar-refractivity contribution in [2.24, 2.45) is 0 Å². The van der Waals surface area contributed by atoms with Crippen LogP contribution < -0.4 is 4.74 Å². The van der Waals surface area contributed by atoms with Gasteiger partial charge < -0.3 is 9.30 Å². The summed E-state index contributed by atoms with van der Waals surface area (Å²) < 4.78 is 9.02. The third kappa shape index (κ3) is 5.52. The largest absolute Gasteiger partial charge is 0.485 e. The minimum Gasteiger partial charge on any atom is -0.485 e. The number of benzene rings is 7. The molecule has 55 heavy (non-hydrogen) atoms. The van der Waals surface area contributed by atoms with Crippen LogP contribution in [0.15, 0.2) is 183 Å². The number of nitrogens with zero attached hydrogens (tertiary/aromatic N) is 4. The first-order chi connectivity index (χ1) is 27.2. The van der Waals surface area contributed by atoms with E-state index < -0.39 is 0 Å². The van der Waals surface area contributed by atoms with Gasteiger partial charge in [0.15, 0.2) is 17.5 Å². The number of allylic oxidation sites excluding steroid dienone is 1. The third-order valence-corrected chi connectivity index (χ3v) is 10.8. The Labute approximate surface area is 319 Å². The molecule has 262 valence electrons. The highest BCUT2D eigenvalue weighted by Gasteiger charge is 2.37. The van der Waals surface area contributed by atoms with Gasteiger partial charge in [0.25, 0.3) is 0 Å². The van der Waals surface area contributed by atoms with Crippen LogP contribution in [0.4, 0.5) is 0 Å². The Morgan fingerprint density at radius 2 is 1.24 bits per heavy atom. The van der Waals surface area contributed by atoms with Gasteiger partial charge in [0.05, 0.1) is 17.0 Å². The highest BCUT2D eigenvalue weighted by Crippen LogP contribution is 2.47. The summed E-state index contributed by atoms with van der Waals surface area (Å²) >= 11 is 0. The molecule has 0 amide bonds.